The Bertz CT molecular complexity index is 296. The Balaban J connectivity index is 1.63. The van der Waals surface area contributed by atoms with Gasteiger partial charge in [0.2, 0.25) is 0 Å². The number of hydrogen-bond acceptors (Lipinski definition) is 2. The monoisotopic (exact) mass is 239 g/mol. The van der Waals surface area contributed by atoms with Gasteiger partial charge in [-0.2, -0.15) is 0 Å². The van der Waals surface area contributed by atoms with E-state index < -0.39 is 0 Å². The summed E-state index contributed by atoms with van der Waals surface area (Å²) in [6, 6.07) is 0. The third-order valence-electron chi connectivity index (χ3n) is 3.87. The number of amides is 1. The summed E-state index contributed by atoms with van der Waals surface area (Å²) in [6.07, 6.45) is 5.26. The zero-order valence-corrected chi connectivity index (χ0v) is 11.6. The van der Waals surface area contributed by atoms with Crippen LogP contribution < -0.4 is 0 Å². The maximum absolute atomic E-state index is 11.7. The lowest BCUT2D eigenvalue weighted by molar-refractivity contribution is -0.00295. The van der Waals surface area contributed by atoms with Crippen LogP contribution in [0.3, 0.4) is 0 Å². The van der Waals surface area contributed by atoms with Crippen LogP contribution in [0.25, 0.3) is 0 Å². The van der Waals surface area contributed by atoms with Crippen LogP contribution in [0.2, 0.25) is 0 Å². The van der Waals surface area contributed by atoms with Crippen molar-refractivity contribution in [3.05, 3.63) is 0 Å². The van der Waals surface area contributed by atoms with E-state index in [1.54, 1.807) is 0 Å². The molecule has 2 fully saturated rings. The highest BCUT2D eigenvalue weighted by Gasteiger charge is 2.39. The number of rotatable bonds is 3. The Morgan fingerprint density at radius 3 is 2.41 bits per heavy atom. The lowest BCUT2D eigenvalue weighted by Gasteiger charge is -2.40. The Kier molecular flexibility index (Phi) is 3.13. The summed E-state index contributed by atoms with van der Waals surface area (Å²) in [5, 5.41) is 0. The second-order valence-corrected chi connectivity index (χ2v) is 7.10. The van der Waals surface area contributed by atoms with Crippen molar-refractivity contribution in [3.8, 4) is 0 Å². The first kappa shape index (κ1) is 12.7. The zero-order valence-electron chi connectivity index (χ0n) is 11.6. The normalized spacial score (nSPS) is 23.2. The molecule has 17 heavy (non-hydrogen) atoms. The van der Waals surface area contributed by atoms with Crippen molar-refractivity contribution in [2.45, 2.75) is 59.0 Å². The first-order valence-corrected chi connectivity index (χ1v) is 6.75. The molecule has 1 heterocycles. The van der Waals surface area contributed by atoms with Gasteiger partial charge in [-0.05, 0) is 57.8 Å². The highest BCUT2D eigenvalue weighted by molar-refractivity contribution is 5.69. The lowest BCUT2D eigenvalue weighted by atomic mass is 9.90. The van der Waals surface area contributed by atoms with Crippen LogP contribution in [-0.4, -0.2) is 29.7 Å². The summed E-state index contributed by atoms with van der Waals surface area (Å²) in [6.45, 7) is 9.90. The van der Waals surface area contributed by atoms with Crippen LogP contribution >= 0.6 is 0 Å². The minimum atomic E-state index is -0.371. The molecule has 0 aromatic rings. The van der Waals surface area contributed by atoms with Crippen LogP contribution in [0, 0.1) is 11.3 Å². The first-order chi connectivity index (χ1) is 7.77. The fourth-order valence-electron chi connectivity index (χ4n) is 2.24. The summed E-state index contributed by atoms with van der Waals surface area (Å²) in [5.74, 6) is 0.708. The number of carbonyl (C=O) groups excluding carboxylic acids is 1. The SMILES string of the molecule is CC1(CCC2CN(C(=O)OC(C)(C)C)C2)CC1. The van der Waals surface area contributed by atoms with Crippen molar-refractivity contribution in [1.82, 2.24) is 4.90 Å². The molecule has 1 amide bonds. The molecule has 2 rings (SSSR count). The van der Waals surface area contributed by atoms with Gasteiger partial charge in [0.05, 0.1) is 0 Å². The predicted octanol–water partition coefficient (Wildman–Crippen LogP) is 3.43. The Labute approximate surface area is 105 Å². The summed E-state index contributed by atoms with van der Waals surface area (Å²) in [4.78, 5) is 13.5. The molecule has 3 heteroatoms. The number of nitrogens with zero attached hydrogens (tertiary/aromatic N) is 1. The van der Waals surface area contributed by atoms with Crippen molar-refractivity contribution < 1.29 is 9.53 Å². The minimum absolute atomic E-state index is 0.147. The van der Waals surface area contributed by atoms with E-state index in [0.29, 0.717) is 11.3 Å². The summed E-state index contributed by atoms with van der Waals surface area (Å²) >= 11 is 0. The maximum atomic E-state index is 11.7. The molecule has 98 valence electrons. The van der Waals surface area contributed by atoms with Gasteiger partial charge in [-0.1, -0.05) is 6.92 Å². The average Bonchev–Trinajstić information content (AvgIpc) is 2.77. The molecule has 0 atom stereocenters. The fraction of sp³-hybridized carbons (Fsp3) is 0.929. The number of likely N-dealkylation sites (tertiary alicyclic amines) is 1. The molecule has 0 aromatic heterocycles. The summed E-state index contributed by atoms with van der Waals surface area (Å²) in [5.41, 5.74) is 0.274. The van der Waals surface area contributed by atoms with Crippen LogP contribution in [-0.2, 0) is 4.74 Å². The van der Waals surface area contributed by atoms with Gasteiger partial charge in [0, 0.05) is 13.1 Å². The van der Waals surface area contributed by atoms with Crippen molar-refractivity contribution in [3.63, 3.8) is 0 Å². The summed E-state index contributed by atoms with van der Waals surface area (Å²) in [7, 11) is 0. The zero-order chi connectivity index (χ0) is 12.7. The number of ether oxygens (including phenoxy) is 1. The van der Waals surface area contributed by atoms with Gasteiger partial charge < -0.3 is 9.64 Å². The van der Waals surface area contributed by atoms with Crippen molar-refractivity contribution in [2.75, 3.05) is 13.1 Å². The first-order valence-electron chi connectivity index (χ1n) is 6.75. The lowest BCUT2D eigenvalue weighted by Crippen LogP contribution is -2.51. The third kappa shape index (κ3) is 3.62. The molecule has 0 radical (unpaired) electrons. The molecule has 0 N–H and O–H groups in total. The molecular weight excluding hydrogens is 214 g/mol. The third-order valence-corrected chi connectivity index (χ3v) is 3.87. The highest BCUT2D eigenvalue weighted by atomic mass is 16.6. The predicted molar refractivity (Wildman–Crippen MR) is 67.9 cm³/mol. The smallest absolute Gasteiger partial charge is 0.410 e. The molecule has 0 aromatic carbocycles. The Hall–Kier alpha value is -0.730. The molecule has 1 saturated carbocycles. The van der Waals surface area contributed by atoms with Gasteiger partial charge in [0.1, 0.15) is 5.60 Å². The van der Waals surface area contributed by atoms with E-state index in [9.17, 15) is 4.79 Å². The fourth-order valence-corrected chi connectivity index (χ4v) is 2.24. The molecule has 2 aliphatic rings. The van der Waals surface area contributed by atoms with Gasteiger partial charge >= 0.3 is 6.09 Å². The second kappa shape index (κ2) is 4.18. The van der Waals surface area contributed by atoms with Gasteiger partial charge in [0.15, 0.2) is 0 Å². The van der Waals surface area contributed by atoms with Crippen molar-refractivity contribution >= 4 is 6.09 Å². The van der Waals surface area contributed by atoms with Gasteiger partial charge in [-0.25, -0.2) is 4.79 Å². The molecule has 1 saturated heterocycles. The van der Waals surface area contributed by atoms with E-state index in [0.717, 1.165) is 13.1 Å². The van der Waals surface area contributed by atoms with Crippen LogP contribution in [0.4, 0.5) is 4.79 Å². The largest absolute Gasteiger partial charge is 0.444 e. The molecule has 1 aliphatic carbocycles. The summed E-state index contributed by atoms with van der Waals surface area (Å²) < 4.78 is 5.33. The molecule has 3 nitrogen and oxygen atoms in total. The minimum Gasteiger partial charge on any atom is -0.444 e. The van der Waals surface area contributed by atoms with Gasteiger partial charge in [0.25, 0.3) is 0 Å². The van der Waals surface area contributed by atoms with Crippen molar-refractivity contribution in [1.29, 1.82) is 0 Å². The molecular formula is C14H25NO2. The second-order valence-electron chi connectivity index (χ2n) is 7.10. The van der Waals surface area contributed by atoms with E-state index in [1.165, 1.54) is 25.7 Å². The van der Waals surface area contributed by atoms with Crippen LogP contribution in [0.1, 0.15) is 53.4 Å². The average molecular weight is 239 g/mol. The van der Waals surface area contributed by atoms with Crippen LogP contribution in [0.5, 0.6) is 0 Å². The maximum Gasteiger partial charge on any atom is 0.410 e. The molecule has 0 spiro atoms. The van der Waals surface area contributed by atoms with E-state index in [4.69, 9.17) is 4.74 Å². The number of carbonyl (C=O) groups is 1. The highest BCUT2D eigenvalue weighted by Crippen LogP contribution is 2.49. The quantitative estimate of drug-likeness (QED) is 0.755. The van der Waals surface area contributed by atoms with Crippen LogP contribution in [0.15, 0.2) is 0 Å². The van der Waals surface area contributed by atoms with E-state index in [2.05, 4.69) is 6.92 Å². The molecule has 1 aliphatic heterocycles. The Morgan fingerprint density at radius 2 is 1.94 bits per heavy atom. The number of hydrogen-bond donors (Lipinski definition) is 0. The van der Waals surface area contributed by atoms with Gasteiger partial charge in [-0.3, -0.25) is 0 Å². The van der Waals surface area contributed by atoms with Crippen molar-refractivity contribution in [2.24, 2.45) is 11.3 Å². The van der Waals surface area contributed by atoms with E-state index in [1.807, 2.05) is 25.7 Å². The molecule has 0 unspecified atom stereocenters. The standard InChI is InChI=1S/C14H25NO2/c1-13(2,3)17-12(16)15-9-11(10-15)5-6-14(4)7-8-14/h11H,5-10H2,1-4H3. The van der Waals surface area contributed by atoms with E-state index in [-0.39, 0.29) is 11.7 Å². The van der Waals surface area contributed by atoms with Gasteiger partial charge in [-0.15, -0.1) is 0 Å². The topological polar surface area (TPSA) is 29.5 Å². The van der Waals surface area contributed by atoms with E-state index >= 15 is 0 Å². The molecule has 0 bridgehead atoms. The Morgan fingerprint density at radius 1 is 1.35 bits per heavy atom.